The van der Waals surface area contributed by atoms with Crippen molar-refractivity contribution in [3.05, 3.63) is 42.2 Å². The number of aromatic nitrogens is 3. The fourth-order valence-corrected chi connectivity index (χ4v) is 1.94. The molecule has 0 amide bonds. The first-order valence-electron chi connectivity index (χ1n) is 5.97. The Bertz CT molecular complexity index is 506. The summed E-state index contributed by atoms with van der Waals surface area (Å²) in [5.41, 5.74) is 2.37. The Morgan fingerprint density at radius 2 is 2.22 bits per heavy atom. The Kier molecular flexibility index (Phi) is 3.94. The molecule has 0 atom stereocenters. The summed E-state index contributed by atoms with van der Waals surface area (Å²) in [6.45, 7) is 1.61. The minimum Gasteiger partial charge on any atom is -0.366 e. The molecule has 2 aromatic rings. The first-order valence-corrected chi connectivity index (χ1v) is 5.97. The van der Waals surface area contributed by atoms with E-state index in [1.165, 1.54) is 5.56 Å². The monoisotopic (exact) mass is 245 g/mol. The summed E-state index contributed by atoms with van der Waals surface area (Å²) in [6.07, 6.45) is 7.50. The molecule has 2 heterocycles. The molecule has 0 aromatic carbocycles. The highest BCUT2D eigenvalue weighted by Gasteiger charge is 2.09. The number of rotatable bonds is 5. The van der Waals surface area contributed by atoms with Crippen LogP contribution in [0.4, 0.5) is 5.69 Å². The maximum Gasteiger partial charge on any atom is 0.127 e. The van der Waals surface area contributed by atoms with Gasteiger partial charge in [0, 0.05) is 39.2 Å². The van der Waals surface area contributed by atoms with Crippen molar-refractivity contribution in [3.8, 4) is 0 Å². The van der Waals surface area contributed by atoms with Crippen molar-refractivity contribution >= 4 is 5.69 Å². The summed E-state index contributed by atoms with van der Waals surface area (Å²) < 4.78 is 2.03. The van der Waals surface area contributed by atoms with Crippen molar-refractivity contribution in [2.75, 3.05) is 19.0 Å². The van der Waals surface area contributed by atoms with Crippen molar-refractivity contribution in [2.24, 2.45) is 7.05 Å². The van der Waals surface area contributed by atoms with Crippen LogP contribution in [0.1, 0.15) is 11.4 Å². The number of pyridine rings is 1. The molecule has 96 valence electrons. The quantitative estimate of drug-likeness (QED) is 0.859. The number of anilines is 1. The van der Waals surface area contributed by atoms with Gasteiger partial charge in [0.15, 0.2) is 0 Å². The Hall–Kier alpha value is -1.88. The molecule has 0 fully saturated rings. The second-order valence-electron chi connectivity index (χ2n) is 4.35. The number of hydrogen-bond donors (Lipinski definition) is 1. The van der Waals surface area contributed by atoms with Crippen LogP contribution in [0.5, 0.6) is 0 Å². The molecule has 0 aliphatic heterocycles. The van der Waals surface area contributed by atoms with Crippen LogP contribution in [0.3, 0.4) is 0 Å². The lowest BCUT2D eigenvalue weighted by molar-refractivity contribution is 0.750. The van der Waals surface area contributed by atoms with Crippen LogP contribution in [0, 0.1) is 0 Å². The Morgan fingerprint density at radius 1 is 1.39 bits per heavy atom. The predicted octanol–water partition coefficient (Wildman–Crippen LogP) is 1.17. The molecule has 1 N–H and O–H groups in total. The first-order chi connectivity index (χ1) is 8.72. The number of nitrogens with zero attached hydrogens (tertiary/aromatic N) is 4. The van der Waals surface area contributed by atoms with Crippen LogP contribution in [0.2, 0.25) is 0 Å². The Morgan fingerprint density at radius 3 is 2.89 bits per heavy atom. The highest BCUT2D eigenvalue weighted by Crippen LogP contribution is 2.19. The molecule has 0 saturated heterocycles. The van der Waals surface area contributed by atoms with Crippen LogP contribution in [-0.2, 0) is 20.1 Å². The van der Waals surface area contributed by atoms with Gasteiger partial charge in [-0.3, -0.25) is 4.98 Å². The maximum atomic E-state index is 4.34. The van der Waals surface area contributed by atoms with E-state index in [1.807, 2.05) is 49.5 Å². The third-order valence-corrected chi connectivity index (χ3v) is 2.97. The number of hydrogen-bond acceptors (Lipinski definition) is 4. The third-order valence-electron chi connectivity index (χ3n) is 2.97. The topological polar surface area (TPSA) is 46.0 Å². The number of nitrogens with one attached hydrogen (secondary N) is 1. The molecule has 5 heteroatoms. The van der Waals surface area contributed by atoms with Gasteiger partial charge in [-0.05, 0) is 18.7 Å². The third kappa shape index (κ3) is 2.68. The van der Waals surface area contributed by atoms with E-state index in [4.69, 9.17) is 0 Å². The lowest BCUT2D eigenvalue weighted by Crippen LogP contribution is -2.21. The van der Waals surface area contributed by atoms with E-state index in [0.29, 0.717) is 0 Å². The van der Waals surface area contributed by atoms with Gasteiger partial charge < -0.3 is 14.8 Å². The molecule has 0 radical (unpaired) electrons. The molecule has 0 bridgehead atoms. The van der Waals surface area contributed by atoms with E-state index in [0.717, 1.165) is 24.6 Å². The minimum atomic E-state index is 0.770. The average Bonchev–Trinajstić information content (AvgIpc) is 2.76. The van der Waals surface area contributed by atoms with Gasteiger partial charge in [0.1, 0.15) is 5.82 Å². The minimum absolute atomic E-state index is 0.770. The van der Waals surface area contributed by atoms with Crippen molar-refractivity contribution in [1.29, 1.82) is 0 Å². The first kappa shape index (κ1) is 12.6. The van der Waals surface area contributed by atoms with E-state index in [-0.39, 0.29) is 0 Å². The summed E-state index contributed by atoms with van der Waals surface area (Å²) in [6, 6.07) is 2.04. The van der Waals surface area contributed by atoms with Crippen molar-refractivity contribution in [3.63, 3.8) is 0 Å². The predicted molar refractivity (Wildman–Crippen MR) is 72.3 cm³/mol. The molecule has 0 aliphatic rings. The van der Waals surface area contributed by atoms with E-state index in [2.05, 4.69) is 27.2 Å². The molecule has 0 saturated carbocycles. The highest BCUT2D eigenvalue weighted by atomic mass is 15.2. The largest absolute Gasteiger partial charge is 0.366 e. The second kappa shape index (κ2) is 5.64. The zero-order chi connectivity index (χ0) is 13.0. The van der Waals surface area contributed by atoms with Gasteiger partial charge in [-0.1, -0.05) is 0 Å². The van der Waals surface area contributed by atoms with Crippen LogP contribution >= 0.6 is 0 Å². The van der Waals surface area contributed by atoms with E-state index in [1.54, 1.807) is 0 Å². The molecule has 0 unspecified atom stereocenters. The zero-order valence-electron chi connectivity index (χ0n) is 11.1. The van der Waals surface area contributed by atoms with Crippen LogP contribution in [0.25, 0.3) is 0 Å². The SMILES string of the molecule is CNCc1ccncc1N(C)Cc1nccn1C. The van der Waals surface area contributed by atoms with Gasteiger partial charge in [-0.2, -0.15) is 0 Å². The van der Waals surface area contributed by atoms with Gasteiger partial charge in [0.25, 0.3) is 0 Å². The van der Waals surface area contributed by atoms with Crippen LogP contribution < -0.4 is 10.2 Å². The van der Waals surface area contributed by atoms with Gasteiger partial charge in [0.2, 0.25) is 0 Å². The van der Waals surface area contributed by atoms with Gasteiger partial charge in [-0.25, -0.2) is 4.98 Å². The van der Waals surface area contributed by atoms with Gasteiger partial charge in [0.05, 0.1) is 18.4 Å². The highest BCUT2D eigenvalue weighted by molar-refractivity contribution is 5.50. The molecule has 0 spiro atoms. The Balaban J connectivity index is 2.18. The van der Waals surface area contributed by atoms with E-state index < -0.39 is 0 Å². The molecule has 2 rings (SSSR count). The fraction of sp³-hybridized carbons (Fsp3) is 0.385. The second-order valence-corrected chi connectivity index (χ2v) is 4.35. The number of aryl methyl sites for hydroxylation is 1. The van der Waals surface area contributed by atoms with E-state index >= 15 is 0 Å². The normalized spacial score (nSPS) is 10.6. The summed E-state index contributed by atoms with van der Waals surface area (Å²) in [7, 11) is 6.02. The summed E-state index contributed by atoms with van der Waals surface area (Å²) in [5.74, 6) is 1.04. The van der Waals surface area contributed by atoms with Crippen molar-refractivity contribution in [2.45, 2.75) is 13.1 Å². The lowest BCUT2D eigenvalue weighted by atomic mass is 10.2. The van der Waals surface area contributed by atoms with Crippen LogP contribution in [-0.4, -0.2) is 28.6 Å². The van der Waals surface area contributed by atoms with Gasteiger partial charge >= 0.3 is 0 Å². The maximum absolute atomic E-state index is 4.34. The zero-order valence-corrected chi connectivity index (χ0v) is 11.1. The standard InChI is InChI=1S/C13H19N5/c1-14-8-11-4-5-15-9-12(11)18(3)10-13-16-6-7-17(13)2/h4-7,9,14H,8,10H2,1-3H3. The van der Waals surface area contributed by atoms with Crippen LogP contribution in [0.15, 0.2) is 30.9 Å². The molecule has 0 aliphatic carbocycles. The van der Waals surface area contributed by atoms with Gasteiger partial charge in [-0.15, -0.1) is 0 Å². The molecule has 2 aromatic heterocycles. The smallest absolute Gasteiger partial charge is 0.127 e. The Labute approximate surface area is 107 Å². The summed E-state index contributed by atoms with van der Waals surface area (Å²) in [5, 5.41) is 3.17. The molecular formula is C13H19N5. The fourth-order valence-electron chi connectivity index (χ4n) is 1.94. The average molecular weight is 245 g/mol. The molecular weight excluding hydrogens is 226 g/mol. The molecule has 5 nitrogen and oxygen atoms in total. The lowest BCUT2D eigenvalue weighted by Gasteiger charge is -2.21. The van der Waals surface area contributed by atoms with E-state index in [9.17, 15) is 0 Å². The van der Waals surface area contributed by atoms with Crippen molar-refractivity contribution in [1.82, 2.24) is 19.9 Å². The molecule has 18 heavy (non-hydrogen) atoms. The number of imidazole rings is 1. The summed E-state index contributed by atoms with van der Waals surface area (Å²) >= 11 is 0. The van der Waals surface area contributed by atoms with Crippen molar-refractivity contribution < 1.29 is 0 Å². The summed E-state index contributed by atoms with van der Waals surface area (Å²) in [4.78, 5) is 10.7.